The Kier molecular flexibility index (Phi) is 7.47. The first-order chi connectivity index (χ1) is 15.6. The zero-order valence-corrected chi connectivity index (χ0v) is 18.9. The van der Waals surface area contributed by atoms with Crippen molar-refractivity contribution >= 4 is 34.7 Å². The molecule has 2 heterocycles. The lowest BCUT2D eigenvalue weighted by Gasteiger charge is -2.32. The number of nitrogens with zero attached hydrogens (tertiary/aromatic N) is 3. The number of amides is 3. The molecule has 2 aliphatic rings. The van der Waals surface area contributed by atoms with Crippen molar-refractivity contribution < 1.29 is 14.4 Å². The van der Waals surface area contributed by atoms with Gasteiger partial charge < -0.3 is 15.5 Å². The molecule has 9 heteroatoms. The summed E-state index contributed by atoms with van der Waals surface area (Å²) >= 11 is 0.976. The van der Waals surface area contributed by atoms with Crippen LogP contribution in [-0.4, -0.2) is 52.0 Å². The number of carbonyl (C=O) groups is 3. The Labute approximate surface area is 191 Å². The number of benzene rings is 1. The monoisotopic (exact) mass is 455 g/mol. The number of nitrogens with one attached hydrogen (secondary N) is 2. The van der Waals surface area contributed by atoms with Gasteiger partial charge in [-0.05, 0) is 37.8 Å². The highest BCUT2D eigenvalue weighted by Crippen LogP contribution is 2.23. The second-order valence-corrected chi connectivity index (χ2v) is 9.50. The van der Waals surface area contributed by atoms with E-state index in [2.05, 4.69) is 20.8 Å². The molecule has 0 spiro atoms. The molecule has 3 amide bonds. The van der Waals surface area contributed by atoms with E-state index in [0.29, 0.717) is 18.8 Å². The average molecular weight is 456 g/mol. The van der Waals surface area contributed by atoms with E-state index in [1.807, 2.05) is 18.2 Å². The van der Waals surface area contributed by atoms with E-state index in [4.69, 9.17) is 0 Å². The van der Waals surface area contributed by atoms with Gasteiger partial charge in [0.2, 0.25) is 15.9 Å². The number of likely N-dealkylation sites (tertiary alicyclic amines) is 1. The Bertz CT molecular complexity index is 940. The molecule has 1 saturated carbocycles. The predicted molar refractivity (Wildman–Crippen MR) is 123 cm³/mol. The maximum atomic E-state index is 13.0. The molecule has 2 fully saturated rings. The molecule has 1 aliphatic heterocycles. The first-order valence-corrected chi connectivity index (χ1v) is 12.2. The second kappa shape index (κ2) is 10.7. The van der Waals surface area contributed by atoms with Gasteiger partial charge in [0.25, 0.3) is 11.8 Å². The number of para-hydroxylation sites is 1. The molecule has 1 aliphatic carbocycles. The van der Waals surface area contributed by atoms with Gasteiger partial charge in [0.05, 0.1) is 5.92 Å². The van der Waals surface area contributed by atoms with Gasteiger partial charge in [-0.2, -0.15) is 0 Å². The first kappa shape index (κ1) is 22.4. The molecular formula is C23H29N5O3S. The van der Waals surface area contributed by atoms with E-state index < -0.39 is 5.91 Å². The van der Waals surface area contributed by atoms with Crippen LogP contribution >= 0.6 is 11.3 Å². The van der Waals surface area contributed by atoms with Crippen molar-refractivity contribution in [1.82, 2.24) is 20.4 Å². The highest BCUT2D eigenvalue weighted by molar-refractivity contribution is 7.15. The van der Waals surface area contributed by atoms with E-state index >= 15 is 0 Å². The standard InChI is InChI=1S/C23H29N5O3S/c29-19(24-17-10-4-1-2-5-11-17)16-9-8-14-28(15-16)23(31)22-27-26-21(32-22)20(30)25-18-12-6-3-7-13-18/h3,6-7,12-13,16-17H,1-2,4-5,8-11,14-15H2,(H,24,29)(H,25,30)/t16-/m1/s1. The Hall–Kier alpha value is -2.81. The van der Waals surface area contributed by atoms with Crippen molar-refractivity contribution in [1.29, 1.82) is 0 Å². The number of rotatable bonds is 5. The quantitative estimate of drug-likeness (QED) is 0.672. The van der Waals surface area contributed by atoms with Gasteiger partial charge in [-0.25, -0.2) is 0 Å². The summed E-state index contributed by atoms with van der Waals surface area (Å²) in [6, 6.07) is 9.31. The van der Waals surface area contributed by atoms with Gasteiger partial charge in [0.15, 0.2) is 0 Å². The summed E-state index contributed by atoms with van der Waals surface area (Å²) in [7, 11) is 0. The van der Waals surface area contributed by atoms with Crippen molar-refractivity contribution in [2.24, 2.45) is 5.92 Å². The molecule has 170 valence electrons. The Morgan fingerprint density at radius 2 is 1.62 bits per heavy atom. The molecular weight excluding hydrogens is 426 g/mol. The smallest absolute Gasteiger partial charge is 0.286 e. The van der Waals surface area contributed by atoms with E-state index in [1.165, 1.54) is 12.8 Å². The van der Waals surface area contributed by atoms with Crippen LogP contribution in [0.5, 0.6) is 0 Å². The Morgan fingerprint density at radius 3 is 2.38 bits per heavy atom. The van der Waals surface area contributed by atoms with Gasteiger partial charge in [0, 0.05) is 24.8 Å². The molecule has 32 heavy (non-hydrogen) atoms. The van der Waals surface area contributed by atoms with E-state index in [-0.39, 0.29) is 33.8 Å². The fraction of sp³-hybridized carbons (Fsp3) is 0.522. The Morgan fingerprint density at radius 1 is 0.906 bits per heavy atom. The van der Waals surface area contributed by atoms with Crippen molar-refractivity contribution in [3.63, 3.8) is 0 Å². The summed E-state index contributed by atoms with van der Waals surface area (Å²) in [6.45, 7) is 0.958. The highest BCUT2D eigenvalue weighted by Gasteiger charge is 2.31. The molecule has 0 radical (unpaired) electrons. The summed E-state index contributed by atoms with van der Waals surface area (Å²) in [5, 5.41) is 14.1. The number of hydrogen-bond acceptors (Lipinski definition) is 6. The van der Waals surface area contributed by atoms with Crippen LogP contribution in [0.3, 0.4) is 0 Å². The molecule has 0 unspecified atom stereocenters. The van der Waals surface area contributed by atoms with Crippen LogP contribution in [0.4, 0.5) is 5.69 Å². The van der Waals surface area contributed by atoms with Gasteiger partial charge >= 0.3 is 0 Å². The fourth-order valence-electron chi connectivity index (χ4n) is 4.36. The number of aromatic nitrogens is 2. The summed E-state index contributed by atoms with van der Waals surface area (Å²) in [5.74, 6) is -0.820. The lowest BCUT2D eigenvalue weighted by atomic mass is 9.96. The van der Waals surface area contributed by atoms with Crippen molar-refractivity contribution in [3.8, 4) is 0 Å². The SMILES string of the molecule is O=C(Nc1ccccc1)c1nnc(C(=O)N2CCC[C@@H](C(=O)NC3CCCCCC3)C2)s1. The van der Waals surface area contributed by atoms with Crippen LogP contribution in [0.2, 0.25) is 0 Å². The third-order valence-electron chi connectivity index (χ3n) is 6.11. The maximum absolute atomic E-state index is 13.0. The third-order valence-corrected chi connectivity index (χ3v) is 7.02. The Balaban J connectivity index is 1.34. The maximum Gasteiger partial charge on any atom is 0.286 e. The summed E-state index contributed by atoms with van der Waals surface area (Å²) < 4.78 is 0. The number of carbonyl (C=O) groups excluding carboxylic acids is 3. The van der Waals surface area contributed by atoms with Crippen LogP contribution in [0.1, 0.15) is 71.0 Å². The molecule has 1 aromatic heterocycles. The fourth-order valence-corrected chi connectivity index (χ4v) is 5.07. The number of piperidine rings is 1. The van der Waals surface area contributed by atoms with Crippen LogP contribution < -0.4 is 10.6 Å². The molecule has 8 nitrogen and oxygen atoms in total. The van der Waals surface area contributed by atoms with Crippen molar-refractivity contribution in [2.75, 3.05) is 18.4 Å². The molecule has 4 rings (SSSR count). The molecule has 1 atom stereocenters. The van der Waals surface area contributed by atoms with E-state index in [1.54, 1.807) is 17.0 Å². The van der Waals surface area contributed by atoms with Crippen LogP contribution in [-0.2, 0) is 4.79 Å². The van der Waals surface area contributed by atoms with Gasteiger partial charge in [0.1, 0.15) is 0 Å². The lowest BCUT2D eigenvalue weighted by Crippen LogP contribution is -2.47. The lowest BCUT2D eigenvalue weighted by molar-refractivity contribution is -0.127. The van der Waals surface area contributed by atoms with Crippen molar-refractivity contribution in [3.05, 3.63) is 40.3 Å². The molecule has 1 aromatic carbocycles. The van der Waals surface area contributed by atoms with Crippen LogP contribution in [0.25, 0.3) is 0 Å². The number of hydrogen-bond donors (Lipinski definition) is 2. The van der Waals surface area contributed by atoms with Crippen molar-refractivity contribution in [2.45, 2.75) is 57.4 Å². The third kappa shape index (κ3) is 5.70. The molecule has 2 N–H and O–H groups in total. The first-order valence-electron chi connectivity index (χ1n) is 11.4. The second-order valence-electron chi connectivity index (χ2n) is 8.52. The van der Waals surface area contributed by atoms with Crippen LogP contribution in [0, 0.1) is 5.92 Å². The van der Waals surface area contributed by atoms with Gasteiger partial charge in [-0.1, -0.05) is 55.2 Å². The summed E-state index contributed by atoms with van der Waals surface area (Å²) in [5.41, 5.74) is 0.652. The van der Waals surface area contributed by atoms with Gasteiger partial charge in [-0.3, -0.25) is 14.4 Å². The number of anilines is 1. The minimum Gasteiger partial charge on any atom is -0.353 e. The topological polar surface area (TPSA) is 104 Å². The normalized spacial score (nSPS) is 19.8. The molecule has 1 saturated heterocycles. The van der Waals surface area contributed by atoms with Crippen LogP contribution in [0.15, 0.2) is 30.3 Å². The van der Waals surface area contributed by atoms with E-state index in [0.717, 1.165) is 49.9 Å². The molecule has 2 aromatic rings. The molecule has 0 bridgehead atoms. The predicted octanol–water partition coefficient (Wildman–Crippen LogP) is 3.48. The zero-order chi connectivity index (χ0) is 22.3. The minimum absolute atomic E-state index is 0.0505. The average Bonchev–Trinajstić information content (AvgIpc) is 3.18. The highest BCUT2D eigenvalue weighted by atomic mass is 32.1. The zero-order valence-electron chi connectivity index (χ0n) is 18.1. The summed E-state index contributed by atoms with van der Waals surface area (Å²) in [6.07, 6.45) is 8.45. The van der Waals surface area contributed by atoms with Gasteiger partial charge in [-0.15, -0.1) is 10.2 Å². The largest absolute Gasteiger partial charge is 0.353 e. The van der Waals surface area contributed by atoms with E-state index in [9.17, 15) is 14.4 Å². The minimum atomic E-state index is -0.396. The summed E-state index contributed by atoms with van der Waals surface area (Å²) in [4.78, 5) is 39.9.